The number of nitrogens with zero attached hydrogens (tertiary/aromatic N) is 4. The second kappa shape index (κ2) is 9.25. The van der Waals surface area contributed by atoms with E-state index in [1.807, 2.05) is 72.1 Å². The molecule has 174 valence electrons. The smallest absolute Gasteiger partial charge is 0.321 e. The van der Waals surface area contributed by atoms with Crippen LogP contribution in [0.25, 0.3) is 11.0 Å². The van der Waals surface area contributed by atoms with E-state index in [0.29, 0.717) is 18.4 Å². The molecule has 0 aliphatic carbocycles. The zero-order valence-corrected chi connectivity index (χ0v) is 20.0. The molecule has 1 aliphatic heterocycles. The zero-order valence-electron chi connectivity index (χ0n) is 20.0. The van der Waals surface area contributed by atoms with Crippen molar-refractivity contribution in [1.82, 2.24) is 9.55 Å². The molecule has 1 amide bonds. The van der Waals surface area contributed by atoms with Gasteiger partial charge in [-0.25, -0.2) is 4.98 Å². The highest BCUT2D eigenvalue weighted by atomic mass is 16.5. The first-order valence-corrected chi connectivity index (χ1v) is 11.6. The highest BCUT2D eigenvalue weighted by molar-refractivity contribution is 6.08. The van der Waals surface area contributed by atoms with Crippen molar-refractivity contribution in [3.8, 4) is 0 Å². The van der Waals surface area contributed by atoms with Crippen LogP contribution in [0.5, 0.6) is 0 Å². The number of carbonyl (C=O) groups excluding carboxylic acids is 2. The molecular weight excluding hydrogens is 416 g/mol. The van der Waals surface area contributed by atoms with Crippen LogP contribution in [0.4, 0.5) is 11.6 Å². The normalized spacial score (nSPS) is 18.0. The molecule has 0 saturated heterocycles. The van der Waals surface area contributed by atoms with Gasteiger partial charge in [0.25, 0.3) is 0 Å². The monoisotopic (exact) mass is 448 g/mol. The molecule has 33 heavy (non-hydrogen) atoms. The van der Waals surface area contributed by atoms with Crippen molar-refractivity contribution in [2.45, 2.75) is 33.2 Å². The van der Waals surface area contributed by atoms with Gasteiger partial charge in [-0.3, -0.25) is 14.5 Å². The van der Waals surface area contributed by atoms with Gasteiger partial charge in [0, 0.05) is 26.3 Å². The molecule has 2 unspecified atom stereocenters. The molecule has 1 aromatic heterocycles. The van der Waals surface area contributed by atoms with Gasteiger partial charge in [0.05, 0.1) is 23.7 Å². The lowest BCUT2D eigenvalue weighted by atomic mass is 9.89. The minimum absolute atomic E-state index is 0.221. The van der Waals surface area contributed by atoms with Crippen LogP contribution in [0.1, 0.15) is 38.8 Å². The molecule has 0 bridgehead atoms. The van der Waals surface area contributed by atoms with Crippen molar-refractivity contribution in [2.24, 2.45) is 11.8 Å². The summed E-state index contributed by atoms with van der Waals surface area (Å²) in [7, 11) is 3.96. The third kappa shape index (κ3) is 4.19. The van der Waals surface area contributed by atoms with Gasteiger partial charge >= 0.3 is 5.97 Å². The van der Waals surface area contributed by atoms with E-state index in [1.54, 1.807) is 11.8 Å². The highest BCUT2D eigenvalue weighted by Crippen LogP contribution is 2.41. The average Bonchev–Trinajstić information content (AvgIpc) is 3.17. The summed E-state index contributed by atoms with van der Waals surface area (Å²) in [5, 5.41) is 0. The third-order valence-corrected chi connectivity index (χ3v) is 6.17. The molecule has 7 heteroatoms. The Hall–Kier alpha value is -3.35. The molecule has 4 rings (SSSR count). The number of para-hydroxylation sites is 2. The van der Waals surface area contributed by atoms with Gasteiger partial charge in [-0.1, -0.05) is 38.1 Å². The predicted octanol–water partition coefficient (Wildman–Crippen LogP) is 4.26. The van der Waals surface area contributed by atoms with Crippen LogP contribution in [0.3, 0.4) is 0 Å². The molecule has 2 aromatic carbocycles. The second-order valence-electron chi connectivity index (χ2n) is 9.10. The maximum absolute atomic E-state index is 13.8. The molecule has 7 nitrogen and oxygen atoms in total. The van der Waals surface area contributed by atoms with E-state index >= 15 is 0 Å². The van der Waals surface area contributed by atoms with Crippen LogP contribution in [0.2, 0.25) is 0 Å². The van der Waals surface area contributed by atoms with Gasteiger partial charge in [0.15, 0.2) is 5.92 Å². The van der Waals surface area contributed by atoms with Crippen LogP contribution >= 0.6 is 0 Å². The Labute approximate surface area is 195 Å². The molecule has 0 N–H and O–H groups in total. The summed E-state index contributed by atoms with van der Waals surface area (Å²) in [6, 6.07) is 15.3. The largest absolute Gasteiger partial charge is 0.465 e. The number of fused-ring (bicyclic) bond motifs is 3. The van der Waals surface area contributed by atoms with Gasteiger partial charge in [-0.05, 0) is 49.1 Å². The molecule has 0 fully saturated rings. The van der Waals surface area contributed by atoms with Crippen molar-refractivity contribution < 1.29 is 14.3 Å². The summed E-state index contributed by atoms with van der Waals surface area (Å²) in [5.74, 6) is -0.731. The summed E-state index contributed by atoms with van der Waals surface area (Å²) < 4.78 is 7.46. The Morgan fingerprint density at radius 2 is 1.82 bits per heavy atom. The minimum atomic E-state index is -0.979. The summed E-state index contributed by atoms with van der Waals surface area (Å²) in [5.41, 5.74) is 3.61. The second-order valence-corrected chi connectivity index (χ2v) is 9.10. The van der Waals surface area contributed by atoms with Crippen LogP contribution < -0.4 is 9.80 Å². The van der Waals surface area contributed by atoms with Crippen molar-refractivity contribution in [3.63, 3.8) is 0 Å². The number of hydrogen-bond acceptors (Lipinski definition) is 5. The molecule has 0 saturated carbocycles. The van der Waals surface area contributed by atoms with Crippen LogP contribution in [0.15, 0.2) is 48.5 Å². The number of amides is 1. The van der Waals surface area contributed by atoms with E-state index < -0.39 is 17.9 Å². The third-order valence-electron chi connectivity index (χ3n) is 6.17. The zero-order chi connectivity index (χ0) is 23.7. The number of benzene rings is 2. The summed E-state index contributed by atoms with van der Waals surface area (Å²) >= 11 is 0. The number of anilines is 2. The van der Waals surface area contributed by atoms with Gasteiger partial charge in [0.2, 0.25) is 11.9 Å². The van der Waals surface area contributed by atoms with Crippen molar-refractivity contribution in [2.75, 3.05) is 37.0 Å². The van der Waals surface area contributed by atoms with E-state index in [-0.39, 0.29) is 12.5 Å². The van der Waals surface area contributed by atoms with Gasteiger partial charge in [-0.15, -0.1) is 0 Å². The van der Waals surface area contributed by atoms with Crippen LogP contribution in [-0.4, -0.2) is 48.7 Å². The lowest BCUT2D eigenvalue weighted by Crippen LogP contribution is -2.50. The van der Waals surface area contributed by atoms with Crippen LogP contribution in [0, 0.1) is 11.8 Å². The summed E-state index contributed by atoms with van der Waals surface area (Å²) in [6.45, 7) is 6.73. The number of aromatic nitrogens is 2. The van der Waals surface area contributed by atoms with Gasteiger partial charge in [-0.2, -0.15) is 0 Å². The molecule has 0 radical (unpaired) electrons. The Bertz CT molecular complexity index is 1150. The molecule has 1 aliphatic rings. The highest BCUT2D eigenvalue weighted by Gasteiger charge is 2.47. The predicted molar refractivity (Wildman–Crippen MR) is 131 cm³/mol. The number of carbonyl (C=O) groups is 2. The quantitative estimate of drug-likeness (QED) is 0.399. The Morgan fingerprint density at radius 3 is 2.45 bits per heavy atom. The van der Waals surface area contributed by atoms with Crippen molar-refractivity contribution in [1.29, 1.82) is 0 Å². The standard InChI is InChI=1S/C26H32N4O3/c1-6-33-25(32)22-23(18-11-13-19(14-12-18)28(4)5)30-21-10-8-7-9-20(21)27-26(30)29(24(22)31)16-15-17(2)3/h7-14,17,22-23H,6,15-16H2,1-5H3. The van der Waals surface area contributed by atoms with E-state index in [4.69, 9.17) is 9.72 Å². The first kappa shape index (κ1) is 22.8. The lowest BCUT2D eigenvalue weighted by Gasteiger charge is -2.38. The van der Waals surface area contributed by atoms with Crippen LogP contribution in [-0.2, 0) is 14.3 Å². The SMILES string of the molecule is CCOC(=O)C1C(=O)N(CCC(C)C)c2nc3ccccc3n2C1c1ccc(N(C)C)cc1. The maximum Gasteiger partial charge on any atom is 0.321 e. The molecular formula is C26H32N4O3. The Morgan fingerprint density at radius 1 is 1.12 bits per heavy atom. The number of imidazole rings is 1. The lowest BCUT2D eigenvalue weighted by molar-refractivity contribution is -0.153. The van der Waals surface area contributed by atoms with Gasteiger partial charge in [0.1, 0.15) is 0 Å². The number of ether oxygens (including phenoxy) is 1. The molecule has 0 spiro atoms. The fourth-order valence-corrected chi connectivity index (χ4v) is 4.42. The summed E-state index contributed by atoms with van der Waals surface area (Å²) in [4.78, 5) is 35.5. The van der Waals surface area contributed by atoms with E-state index in [9.17, 15) is 9.59 Å². The minimum Gasteiger partial charge on any atom is -0.465 e. The average molecular weight is 449 g/mol. The van der Waals surface area contributed by atoms with E-state index in [1.165, 1.54) is 0 Å². The fourth-order valence-electron chi connectivity index (χ4n) is 4.42. The number of esters is 1. The summed E-state index contributed by atoms with van der Waals surface area (Å²) in [6.07, 6.45) is 0.812. The maximum atomic E-state index is 13.8. The molecule has 3 aromatic rings. The van der Waals surface area contributed by atoms with Crippen molar-refractivity contribution >= 4 is 34.5 Å². The fraction of sp³-hybridized carbons (Fsp3) is 0.423. The molecule has 2 atom stereocenters. The van der Waals surface area contributed by atoms with E-state index in [2.05, 4.69) is 13.8 Å². The topological polar surface area (TPSA) is 67.7 Å². The van der Waals surface area contributed by atoms with Crippen molar-refractivity contribution in [3.05, 3.63) is 54.1 Å². The van der Waals surface area contributed by atoms with E-state index in [0.717, 1.165) is 28.7 Å². The number of hydrogen-bond donors (Lipinski definition) is 0. The first-order chi connectivity index (χ1) is 15.8. The van der Waals surface area contributed by atoms with Gasteiger partial charge < -0.3 is 14.2 Å². The molecule has 2 heterocycles. The number of rotatable bonds is 7. The Kier molecular flexibility index (Phi) is 6.40. The first-order valence-electron chi connectivity index (χ1n) is 11.6. The Balaban J connectivity index is 1.93.